The second-order valence-electron chi connectivity index (χ2n) is 8.72. The van der Waals surface area contributed by atoms with Crippen LogP contribution in [0.1, 0.15) is 56.4 Å². The summed E-state index contributed by atoms with van der Waals surface area (Å²) in [6.07, 6.45) is -1.75. The summed E-state index contributed by atoms with van der Waals surface area (Å²) in [6, 6.07) is 12.0. The average Bonchev–Trinajstić information content (AvgIpc) is 3.63. The van der Waals surface area contributed by atoms with Crippen LogP contribution >= 0.6 is 11.3 Å². The summed E-state index contributed by atoms with van der Waals surface area (Å²) >= 11 is 1.31. The van der Waals surface area contributed by atoms with Crippen molar-refractivity contribution in [3.63, 3.8) is 0 Å². The molecule has 5 rings (SSSR count). The Bertz CT molecular complexity index is 1320. The molecule has 4 heterocycles. The summed E-state index contributed by atoms with van der Waals surface area (Å²) in [5.41, 5.74) is 0.757. The predicted octanol–water partition coefficient (Wildman–Crippen LogP) is 5.31. The van der Waals surface area contributed by atoms with E-state index in [1.807, 2.05) is 24.3 Å². The van der Waals surface area contributed by atoms with E-state index in [-0.39, 0.29) is 23.2 Å². The number of alkyl halides is 3. The first-order valence-corrected chi connectivity index (χ1v) is 12.4. The zero-order valence-corrected chi connectivity index (χ0v) is 19.9. The highest BCUT2D eigenvalue weighted by Crippen LogP contribution is 2.34. The number of para-hydroxylation sites is 1. The number of carbonyl (C=O) groups is 2. The monoisotopic (exact) mass is 516 g/mol. The zero-order valence-electron chi connectivity index (χ0n) is 19.0. The molecule has 2 amide bonds. The molecule has 2 N–H and O–H groups in total. The van der Waals surface area contributed by atoms with Crippen LogP contribution in [0.15, 0.2) is 58.5 Å². The molecule has 0 aliphatic carbocycles. The fourth-order valence-electron chi connectivity index (χ4n) is 4.40. The Morgan fingerprint density at radius 3 is 2.67 bits per heavy atom. The number of halogens is 3. The molecule has 4 aromatic rings. The molecule has 1 aromatic carbocycles. The van der Waals surface area contributed by atoms with Crippen molar-refractivity contribution in [2.75, 3.05) is 19.6 Å². The number of benzene rings is 1. The first-order chi connectivity index (χ1) is 17.3. The molecule has 36 heavy (non-hydrogen) atoms. The van der Waals surface area contributed by atoms with Gasteiger partial charge in [0.1, 0.15) is 17.2 Å². The van der Waals surface area contributed by atoms with Crippen LogP contribution in [-0.2, 0) is 0 Å². The molecule has 0 saturated carbocycles. The van der Waals surface area contributed by atoms with Crippen molar-refractivity contribution in [2.45, 2.75) is 30.9 Å². The van der Waals surface area contributed by atoms with E-state index in [0.717, 1.165) is 10.4 Å². The van der Waals surface area contributed by atoms with E-state index >= 15 is 0 Å². The van der Waals surface area contributed by atoms with Crippen LogP contribution in [0.4, 0.5) is 13.2 Å². The van der Waals surface area contributed by atoms with Crippen LogP contribution in [-0.4, -0.2) is 52.5 Å². The molecule has 1 aliphatic rings. The van der Waals surface area contributed by atoms with Crippen LogP contribution in [0.25, 0.3) is 11.0 Å². The number of hydrogen-bond donors (Lipinski definition) is 2. The van der Waals surface area contributed by atoms with Crippen molar-refractivity contribution in [3.05, 3.63) is 76.2 Å². The van der Waals surface area contributed by atoms with Crippen molar-refractivity contribution in [1.82, 2.24) is 20.2 Å². The predicted molar refractivity (Wildman–Crippen MR) is 128 cm³/mol. The average molecular weight is 517 g/mol. The van der Waals surface area contributed by atoms with E-state index in [1.165, 1.54) is 29.7 Å². The Hall–Kier alpha value is -3.60. The first-order valence-electron chi connectivity index (χ1n) is 11.5. The quantitative estimate of drug-likeness (QED) is 0.363. The standard InChI is InChI=1S/C25H23F3N4O3S/c26-25(27,28)17(18-5-3-9-29-18)13-30-22(33)19-14-36-23(31-19)15-7-10-32(11-8-15)24(34)21-12-16-4-1-2-6-20(16)35-21/h1-6,9,12,14-15,17,29H,7-8,10-11,13H2,(H,30,33). The second kappa shape index (κ2) is 9.81. The van der Waals surface area contributed by atoms with Gasteiger partial charge in [-0.3, -0.25) is 9.59 Å². The summed E-state index contributed by atoms with van der Waals surface area (Å²) in [4.78, 5) is 34.1. The normalized spacial score (nSPS) is 15.8. The lowest BCUT2D eigenvalue weighted by Crippen LogP contribution is -2.37. The van der Waals surface area contributed by atoms with Crippen LogP contribution in [0.5, 0.6) is 0 Å². The number of furan rings is 1. The minimum atomic E-state index is -4.50. The molecular weight excluding hydrogens is 493 g/mol. The highest BCUT2D eigenvalue weighted by Gasteiger charge is 2.41. The summed E-state index contributed by atoms with van der Waals surface area (Å²) in [6.45, 7) is 0.453. The highest BCUT2D eigenvalue weighted by molar-refractivity contribution is 7.09. The van der Waals surface area contributed by atoms with Crippen LogP contribution < -0.4 is 5.32 Å². The van der Waals surface area contributed by atoms with Gasteiger partial charge < -0.3 is 19.6 Å². The maximum atomic E-state index is 13.4. The molecular formula is C25H23F3N4O3S. The van der Waals surface area contributed by atoms with E-state index < -0.39 is 24.5 Å². The number of nitrogens with one attached hydrogen (secondary N) is 2. The largest absolute Gasteiger partial charge is 0.451 e. The molecule has 0 spiro atoms. The van der Waals surface area contributed by atoms with Gasteiger partial charge in [-0.15, -0.1) is 11.3 Å². The molecule has 3 aromatic heterocycles. The number of rotatable bonds is 6. The fourth-order valence-corrected chi connectivity index (χ4v) is 5.37. The third-order valence-corrected chi connectivity index (χ3v) is 7.39. The Balaban J connectivity index is 1.17. The topological polar surface area (TPSA) is 91.2 Å². The van der Waals surface area contributed by atoms with Gasteiger partial charge in [0.25, 0.3) is 11.8 Å². The molecule has 0 radical (unpaired) electrons. The zero-order chi connectivity index (χ0) is 25.3. The number of aromatic amines is 1. The number of aromatic nitrogens is 2. The van der Waals surface area contributed by atoms with Gasteiger partial charge in [-0.25, -0.2) is 4.98 Å². The number of amides is 2. The molecule has 1 aliphatic heterocycles. The van der Waals surface area contributed by atoms with E-state index in [2.05, 4.69) is 15.3 Å². The van der Waals surface area contributed by atoms with E-state index in [1.54, 1.807) is 16.3 Å². The minimum Gasteiger partial charge on any atom is -0.451 e. The number of carbonyl (C=O) groups excluding carboxylic acids is 2. The molecule has 1 saturated heterocycles. The smallest absolute Gasteiger partial charge is 0.398 e. The molecule has 7 nitrogen and oxygen atoms in total. The van der Waals surface area contributed by atoms with Crippen molar-refractivity contribution >= 4 is 34.1 Å². The van der Waals surface area contributed by atoms with E-state index in [0.29, 0.717) is 37.3 Å². The third-order valence-electron chi connectivity index (χ3n) is 6.38. The Morgan fingerprint density at radius 1 is 1.19 bits per heavy atom. The van der Waals surface area contributed by atoms with Crippen LogP contribution in [0, 0.1) is 0 Å². The Labute approximate surface area is 208 Å². The summed E-state index contributed by atoms with van der Waals surface area (Å²) in [5.74, 6) is -2.26. The maximum Gasteiger partial charge on any atom is 0.398 e. The Morgan fingerprint density at radius 2 is 1.97 bits per heavy atom. The van der Waals surface area contributed by atoms with E-state index in [4.69, 9.17) is 4.42 Å². The number of H-pyrrole nitrogens is 1. The molecule has 188 valence electrons. The molecule has 0 bridgehead atoms. The third kappa shape index (κ3) is 5.01. The number of piperidine rings is 1. The highest BCUT2D eigenvalue weighted by atomic mass is 32.1. The van der Waals surface area contributed by atoms with Gasteiger partial charge in [-0.2, -0.15) is 13.2 Å². The molecule has 1 fully saturated rings. The maximum absolute atomic E-state index is 13.4. The van der Waals surface area contributed by atoms with Crippen LogP contribution in [0.2, 0.25) is 0 Å². The lowest BCUT2D eigenvalue weighted by molar-refractivity contribution is -0.149. The number of nitrogens with zero attached hydrogens (tertiary/aromatic N) is 2. The van der Waals surface area contributed by atoms with Gasteiger partial charge in [0.05, 0.1) is 5.01 Å². The van der Waals surface area contributed by atoms with E-state index in [9.17, 15) is 22.8 Å². The number of fused-ring (bicyclic) bond motifs is 1. The molecule has 11 heteroatoms. The first kappa shape index (κ1) is 24.1. The van der Waals surface area contributed by atoms with Crippen molar-refractivity contribution in [2.24, 2.45) is 0 Å². The van der Waals surface area contributed by atoms with Gasteiger partial charge in [-0.05, 0) is 37.1 Å². The lowest BCUT2D eigenvalue weighted by atomic mass is 9.97. The minimum absolute atomic E-state index is 0.00859. The molecule has 1 atom stereocenters. The number of hydrogen-bond acceptors (Lipinski definition) is 5. The second-order valence-corrected chi connectivity index (χ2v) is 9.61. The van der Waals surface area contributed by atoms with Gasteiger partial charge in [-0.1, -0.05) is 18.2 Å². The van der Waals surface area contributed by atoms with Gasteiger partial charge in [0, 0.05) is 48.2 Å². The lowest BCUT2D eigenvalue weighted by Gasteiger charge is -2.30. The number of likely N-dealkylation sites (tertiary alicyclic amines) is 1. The fraction of sp³-hybridized carbons (Fsp3) is 0.320. The number of thiazole rings is 1. The molecule has 1 unspecified atom stereocenters. The van der Waals surface area contributed by atoms with Crippen molar-refractivity contribution < 1.29 is 27.2 Å². The van der Waals surface area contributed by atoms with Crippen molar-refractivity contribution in [3.8, 4) is 0 Å². The summed E-state index contributed by atoms with van der Waals surface area (Å²) in [7, 11) is 0. The van der Waals surface area contributed by atoms with Crippen LogP contribution in [0.3, 0.4) is 0 Å². The van der Waals surface area contributed by atoms with Gasteiger partial charge >= 0.3 is 6.18 Å². The van der Waals surface area contributed by atoms with Crippen molar-refractivity contribution in [1.29, 1.82) is 0 Å². The SMILES string of the molecule is O=C(NCC(c1ccc[nH]1)C(F)(F)F)c1csc(C2CCN(C(=O)c3cc4ccccc4o3)CC2)n1. The van der Waals surface area contributed by atoms with Gasteiger partial charge in [0.2, 0.25) is 0 Å². The summed E-state index contributed by atoms with van der Waals surface area (Å²) in [5, 5.41) is 5.54. The summed E-state index contributed by atoms with van der Waals surface area (Å²) < 4.78 is 45.9. The Kier molecular flexibility index (Phi) is 6.57. The van der Waals surface area contributed by atoms with Gasteiger partial charge in [0.15, 0.2) is 5.76 Å².